The van der Waals surface area contributed by atoms with E-state index in [0.29, 0.717) is 24.3 Å². The molecule has 4 nitrogen and oxygen atoms in total. The van der Waals surface area contributed by atoms with Gasteiger partial charge in [-0.1, -0.05) is 65.5 Å². The molecule has 0 aromatic heterocycles. The first-order valence-corrected chi connectivity index (χ1v) is 9.53. The van der Waals surface area contributed by atoms with Crippen molar-refractivity contribution in [3.63, 3.8) is 0 Å². The number of carbonyl (C=O) groups excluding carboxylic acids is 2. The van der Waals surface area contributed by atoms with Crippen LogP contribution in [0.1, 0.15) is 90.5 Å². The zero-order valence-electron chi connectivity index (χ0n) is 16.1. The summed E-state index contributed by atoms with van der Waals surface area (Å²) in [5.74, 6) is 0.346. The summed E-state index contributed by atoms with van der Waals surface area (Å²) in [6, 6.07) is 5.43. The molecule has 0 aliphatic rings. The molecule has 0 saturated heterocycles. The highest BCUT2D eigenvalue weighted by Gasteiger charge is 2.19. The Balaban J connectivity index is 2.87. The average molecular weight is 348 g/mol. The molecule has 0 radical (unpaired) electrons. The van der Waals surface area contributed by atoms with Crippen LogP contribution >= 0.6 is 0 Å². The van der Waals surface area contributed by atoms with E-state index in [9.17, 15) is 9.59 Å². The highest BCUT2D eigenvalue weighted by atomic mass is 16.6. The molecule has 0 atom stereocenters. The molecule has 0 bridgehead atoms. The molecule has 1 aromatic rings. The van der Waals surface area contributed by atoms with Crippen LogP contribution in [0.4, 0.5) is 0 Å². The van der Waals surface area contributed by atoms with E-state index in [1.807, 2.05) is 26.0 Å². The molecule has 140 valence electrons. The van der Waals surface area contributed by atoms with Crippen LogP contribution in [-0.4, -0.2) is 11.9 Å². The molecule has 0 unspecified atom stereocenters. The van der Waals surface area contributed by atoms with Crippen molar-refractivity contribution in [1.29, 1.82) is 0 Å². The summed E-state index contributed by atoms with van der Waals surface area (Å²) in [5, 5.41) is 0. The first-order valence-electron chi connectivity index (χ1n) is 9.53. The maximum atomic E-state index is 12.1. The summed E-state index contributed by atoms with van der Waals surface area (Å²) in [6.45, 7) is 8.23. The van der Waals surface area contributed by atoms with Crippen LogP contribution in [0, 0.1) is 0 Å². The van der Waals surface area contributed by atoms with Crippen LogP contribution < -0.4 is 9.47 Å². The van der Waals surface area contributed by atoms with Gasteiger partial charge in [-0.2, -0.15) is 0 Å². The summed E-state index contributed by atoms with van der Waals surface area (Å²) in [7, 11) is 0. The molecule has 4 heteroatoms. The van der Waals surface area contributed by atoms with Crippen LogP contribution in [-0.2, 0) is 9.59 Å². The minimum atomic E-state index is -0.280. The minimum absolute atomic E-state index is 0.164. The van der Waals surface area contributed by atoms with E-state index in [1.54, 1.807) is 6.07 Å². The predicted octanol–water partition coefficient (Wildman–Crippen LogP) is 5.78. The Morgan fingerprint density at radius 1 is 0.880 bits per heavy atom. The van der Waals surface area contributed by atoms with Crippen molar-refractivity contribution in [2.75, 3.05) is 0 Å². The fourth-order valence-electron chi connectivity index (χ4n) is 2.55. The molecular formula is C21H32O4. The maximum Gasteiger partial charge on any atom is 0.311 e. The van der Waals surface area contributed by atoms with Gasteiger partial charge in [-0.25, -0.2) is 0 Å². The first-order chi connectivity index (χ1) is 12.0. The summed E-state index contributed by atoms with van der Waals surface area (Å²) < 4.78 is 11.1. The van der Waals surface area contributed by atoms with Crippen molar-refractivity contribution >= 4 is 11.9 Å². The van der Waals surface area contributed by atoms with Gasteiger partial charge >= 0.3 is 11.9 Å². The van der Waals surface area contributed by atoms with Crippen molar-refractivity contribution in [3.8, 4) is 11.5 Å². The molecule has 0 saturated carbocycles. The summed E-state index contributed by atoms with van der Waals surface area (Å²) >= 11 is 0. The number of esters is 2. The van der Waals surface area contributed by atoms with Crippen LogP contribution in [0.2, 0.25) is 0 Å². The second-order valence-electron chi connectivity index (χ2n) is 6.69. The SMILES string of the molecule is CCCCCC(=O)Oc1cccc(C(C)C)c1OC(=O)CCCCC. The van der Waals surface area contributed by atoms with Crippen molar-refractivity contribution in [2.24, 2.45) is 0 Å². The number of para-hydroxylation sites is 1. The number of rotatable bonds is 11. The first kappa shape index (κ1) is 21.2. The summed E-state index contributed by atoms with van der Waals surface area (Å²) in [5.41, 5.74) is 0.877. The third kappa shape index (κ3) is 7.72. The van der Waals surface area contributed by atoms with Gasteiger partial charge in [-0.3, -0.25) is 9.59 Å². The fourth-order valence-corrected chi connectivity index (χ4v) is 2.55. The third-order valence-electron chi connectivity index (χ3n) is 4.04. The summed E-state index contributed by atoms with van der Waals surface area (Å²) in [4.78, 5) is 24.2. The van der Waals surface area contributed by atoms with Gasteiger partial charge in [0.15, 0.2) is 11.5 Å². The van der Waals surface area contributed by atoms with E-state index < -0.39 is 0 Å². The number of ether oxygens (including phenoxy) is 2. The van der Waals surface area contributed by atoms with Gasteiger partial charge in [0.25, 0.3) is 0 Å². The van der Waals surface area contributed by atoms with Gasteiger partial charge in [0.2, 0.25) is 0 Å². The number of unbranched alkanes of at least 4 members (excludes halogenated alkanes) is 4. The van der Waals surface area contributed by atoms with Crippen molar-refractivity contribution < 1.29 is 19.1 Å². The molecule has 0 N–H and O–H groups in total. The Kier molecular flexibility index (Phi) is 9.90. The molecular weight excluding hydrogens is 316 g/mol. The van der Waals surface area contributed by atoms with E-state index in [2.05, 4.69) is 13.8 Å². The monoisotopic (exact) mass is 348 g/mol. The predicted molar refractivity (Wildman–Crippen MR) is 100 cm³/mol. The largest absolute Gasteiger partial charge is 0.423 e. The lowest BCUT2D eigenvalue weighted by atomic mass is 10.0. The Hall–Kier alpha value is -1.84. The molecule has 1 rings (SSSR count). The third-order valence-corrected chi connectivity index (χ3v) is 4.04. The van der Waals surface area contributed by atoms with E-state index in [1.165, 1.54) is 0 Å². The van der Waals surface area contributed by atoms with Gasteiger partial charge in [-0.05, 0) is 24.8 Å². The second-order valence-corrected chi connectivity index (χ2v) is 6.69. The van der Waals surface area contributed by atoms with Gasteiger partial charge in [0.05, 0.1) is 0 Å². The topological polar surface area (TPSA) is 52.6 Å². The highest BCUT2D eigenvalue weighted by molar-refractivity contribution is 5.77. The Morgan fingerprint density at radius 2 is 1.44 bits per heavy atom. The van der Waals surface area contributed by atoms with Crippen molar-refractivity contribution in [3.05, 3.63) is 23.8 Å². The molecule has 0 aliphatic carbocycles. The van der Waals surface area contributed by atoms with Crippen LogP contribution in [0.5, 0.6) is 11.5 Å². The number of carbonyl (C=O) groups is 2. The Bertz CT molecular complexity index is 549. The number of hydrogen-bond donors (Lipinski definition) is 0. The minimum Gasteiger partial charge on any atom is -0.423 e. The molecule has 0 amide bonds. The Labute approximate surface area is 151 Å². The van der Waals surface area contributed by atoms with E-state index in [4.69, 9.17) is 9.47 Å². The van der Waals surface area contributed by atoms with Crippen molar-refractivity contribution in [2.45, 2.75) is 85.0 Å². The summed E-state index contributed by atoms with van der Waals surface area (Å²) in [6.07, 6.45) is 6.48. The van der Waals surface area contributed by atoms with Crippen LogP contribution in [0.15, 0.2) is 18.2 Å². The number of hydrogen-bond acceptors (Lipinski definition) is 4. The standard InChI is InChI=1S/C21H32O4/c1-5-7-9-14-19(22)24-18-13-11-12-17(16(3)4)21(18)25-20(23)15-10-8-6-2/h11-13,16H,5-10,14-15H2,1-4H3. The zero-order valence-corrected chi connectivity index (χ0v) is 16.1. The van der Waals surface area contributed by atoms with E-state index in [0.717, 1.165) is 44.1 Å². The number of benzene rings is 1. The van der Waals surface area contributed by atoms with E-state index >= 15 is 0 Å². The maximum absolute atomic E-state index is 12.1. The highest BCUT2D eigenvalue weighted by Crippen LogP contribution is 2.36. The lowest BCUT2D eigenvalue weighted by Gasteiger charge is -2.16. The molecule has 0 fully saturated rings. The molecule has 0 aliphatic heterocycles. The van der Waals surface area contributed by atoms with Crippen molar-refractivity contribution in [1.82, 2.24) is 0 Å². The van der Waals surface area contributed by atoms with E-state index in [-0.39, 0.29) is 17.9 Å². The molecule has 0 spiro atoms. The molecule has 25 heavy (non-hydrogen) atoms. The second kappa shape index (κ2) is 11.7. The quantitative estimate of drug-likeness (QED) is 0.289. The lowest BCUT2D eigenvalue weighted by Crippen LogP contribution is -2.13. The normalized spacial score (nSPS) is 10.8. The fraction of sp³-hybridized carbons (Fsp3) is 0.619. The zero-order chi connectivity index (χ0) is 18.7. The van der Waals surface area contributed by atoms with Crippen LogP contribution in [0.3, 0.4) is 0 Å². The van der Waals surface area contributed by atoms with Gasteiger partial charge in [-0.15, -0.1) is 0 Å². The van der Waals surface area contributed by atoms with Crippen LogP contribution in [0.25, 0.3) is 0 Å². The molecule has 0 heterocycles. The van der Waals surface area contributed by atoms with Gasteiger partial charge in [0.1, 0.15) is 0 Å². The Morgan fingerprint density at radius 3 is 1.96 bits per heavy atom. The van der Waals surface area contributed by atoms with Gasteiger partial charge < -0.3 is 9.47 Å². The average Bonchev–Trinajstić information content (AvgIpc) is 2.56. The molecule has 1 aromatic carbocycles. The lowest BCUT2D eigenvalue weighted by molar-refractivity contribution is -0.137. The smallest absolute Gasteiger partial charge is 0.311 e. The van der Waals surface area contributed by atoms with Gasteiger partial charge in [0, 0.05) is 18.4 Å².